The van der Waals surface area contributed by atoms with Gasteiger partial charge in [0.25, 0.3) is 5.69 Å². The van der Waals surface area contributed by atoms with E-state index in [0.29, 0.717) is 0 Å². The number of rotatable bonds is 3. The lowest BCUT2D eigenvalue weighted by Crippen LogP contribution is -2.34. The Hall–Kier alpha value is -2.31. The zero-order valence-electron chi connectivity index (χ0n) is 7.06. The average molecular weight is 196 g/mol. The normalized spacial score (nSPS) is 9.14. The molecule has 0 aliphatic rings. The molecule has 7 nitrogen and oxygen atoms in total. The number of nitrogens with zero attached hydrogens (tertiary/aromatic N) is 1. The molecule has 1 rings (SSSR count). The van der Waals surface area contributed by atoms with Crippen molar-refractivity contribution in [3.05, 3.63) is 34.4 Å². The molecule has 0 fully saturated rings. The van der Waals surface area contributed by atoms with E-state index in [4.69, 9.17) is 5.73 Å². The zero-order valence-corrected chi connectivity index (χ0v) is 7.06. The molecular weight excluding hydrogens is 188 g/mol. The maximum atomic E-state index is 10.5. The maximum absolute atomic E-state index is 10.5. The number of nitrogens with one attached hydrogen (secondary N) is 2. The lowest BCUT2D eigenvalue weighted by Gasteiger charge is -2.05. The summed E-state index contributed by atoms with van der Waals surface area (Å²) in [5.74, 6) is 0. The highest BCUT2D eigenvalue weighted by atomic mass is 16.6. The summed E-state index contributed by atoms with van der Waals surface area (Å²) >= 11 is 0. The number of hydrogen-bond acceptors (Lipinski definition) is 4. The molecule has 0 aliphatic carbocycles. The number of carbonyl (C=O) groups excluding carboxylic acids is 1. The summed E-state index contributed by atoms with van der Waals surface area (Å²) in [6.45, 7) is 0. The van der Waals surface area contributed by atoms with Crippen LogP contribution < -0.4 is 16.6 Å². The van der Waals surface area contributed by atoms with Crippen LogP contribution in [0.5, 0.6) is 0 Å². The topological polar surface area (TPSA) is 110 Å². The Bertz CT molecular complexity index is 366. The van der Waals surface area contributed by atoms with Gasteiger partial charge >= 0.3 is 6.03 Å². The summed E-state index contributed by atoms with van der Waals surface area (Å²) in [4.78, 5) is 20.3. The van der Waals surface area contributed by atoms with Crippen molar-refractivity contribution in [2.45, 2.75) is 0 Å². The first-order chi connectivity index (χ1) is 6.61. The van der Waals surface area contributed by atoms with Crippen molar-refractivity contribution in [2.24, 2.45) is 5.73 Å². The van der Waals surface area contributed by atoms with Crippen molar-refractivity contribution in [1.29, 1.82) is 0 Å². The van der Waals surface area contributed by atoms with Gasteiger partial charge < -0.3 is 5.73 Å². The number of urea groups is 1. The lowest BCUT2D eigenvalue weighted by atomic mass is 10.3. The van der Waals surface area contributed by atoms with Crippen LogP contribution in [-0.4, -0.2) is 11.0 Å². The molecule has 0 saturated heterocycles. The summed E-state index contributed by atoms with van der Waals surface area (Å²) in [7, 11) is 0. The number of nitro groups is 1. The molecule has 0 bridgehead atoms. The van der Waals surface area contributed by atoms with E-state index in [-0.39, 0.29) is 11.4 Å². The van der Waals surface area contributed by atoms with Crippen LogP contribution in [0.3, 0.4) is 0 Å². The molecule has 1 aromatic carbocycles. The highest BCUT2D eigenvalue weighted by molar-refractivity contribution is 5.74. The van der Waals surface area contributed by atoms with E-state index >= 15 is 0 Å². The molecule has 7 heteroatoms. The first-order valence-electron chi connectivity index (χ1n) is 3.66. The summed E-state index contributed by atoms with van der Waals surface area (Å²) in [5.41, 5.74) is 9.19. The molecule has 0 aromatic heterocycles. The summed E-state index contributed by atoms with van der Waals surface area (Å²) < 4.78 is 0. The van der Waals surface area contributed by atoms with Crippen LogP contribution in [0.4, 0.5) is 16.2 Å². The van der Waals surface area contributed by atoms with Crippen LogP contribution in [0, 0.1) is 10.1 Å². The van der Waals surface area contributed by atoms with Gasteiger partial charge in [-0.15, -0.1) is 0 Å². The fraction of sp³-hybridized carbons (Fsp3) is 0. The van der Waals surface area contributed by atoms with Gasteiger partial charge in [-0.1, -0.05) is 12.1 Å². The molecular formula is C7H8N4O3. The minimum absolute atomic E-state index is 0.138. The first kappa shape index (κ1) is 9.78. The number of nitro benzene ring substituents is 1. The summed E-state index contributed by atoms with van der Waals surface area (Å²) in [5, 5.41) is 10.5. The minimum atomic E-state index is -0.817. The van der Waals surface area contributed by atoms with Crippen molar-refractivity contribution < 1.29 is 9.72 Å². The maximum Gasteiger partial charge on any atom is 0.330 e. The number of anilines is 1. The number of primary amides is 1. The van der Waals surface area contributed by atoms with Crippen molar-refractivity contribution in [1.82, 2.24) is 5.43 Å². The Kier molecular flexibility index (Phi) is 2.85. The molecule has 0 saturated carbocycles. The molecule has 0 heterocycles. The van der Waals surface area contributed by atoms with E-state index in [1.807, 2.05) is 5.43 Å². The van der Waals surface area contributed by atoms with Gasteiger partial charge in [0.05, 0.1) is 4.92 Å². The van der Waals surface area contributed by atoms with Crippen LogP contribution in [0.15, 0.2) is 24.3 Å². The third kappa shape index (κ3) is 2.34. The fourth-order valence-corrected chi connectivity index (χ4v) is 0.867. The minimum Gasteiger partial charge on any atom is -0.350 e. The molecule has 1 aromatic rings. The highest BCUT2D eigenvalue weighted by Gasteiger charge is 2.11. The Balaban J connectivity index is 2.84. The standard InChI is InChI=1S/C7H8N4O3/c8-7(12)10-9-5-3-1-2-4-6(5)11(13)14/h1-4,9H,(H3,8,10,12). The monoisotopic (exact) mass is 196 g/mol. The van der Waals surface area contributed by atoms with E-state index < -0.39 is 11.0 Å². The second-order valence-corrected chi connectivity index (χ2v) is 2.39. The van der Waals surface area contributed by atoms with Crippen LogP contribution in [0.1, 0.15) is 0 Å². The molecule has 14 heavy (non-hydrogen) atoms. The van der Waals surface area contributed by atoms with E-state index in [9.17, 15) is 14.9 Å². The molecule has 0 radical (unpaired) electrons. The first-order valence-corrected chi connectivity index (χ1v) is 3.66. The Morgan fingerprint density at radius 1 is 1.43 bits per heavy atom. The van der Waals surface area contributed by atoms with E-state index in [1.165, 1.54) is 18.2 Å². The van der Waals surface area contributed by atoms with Gasteiger partial charge in [-0.05, 0) is 6.07 Å². The van der Waals surface area contributed by atoms with E-state index in [0.717, 1.165) is 0 Å². The number of hydrogen-bond donors (Lipinski definition) is 3. The van der Waals surface area contributed by atoms with Crippen LogP contribution in [0.2, 0.25) is 0 Å². The SMILES string of the molecule is NC(=O)NNc1ccccc1[N+](=O)[O-]. The third-order valence-corrected chi connectivity index (χ3v) is 1.42. The zero-order chi connectivity index (χ0) is 10.6. The second-order valence-electron chi connectivity index (χ2n) is 2.39. The van der Waals surface area contributed by atoms with E-state index in [1.54, 1.807) is 6.07 Å². The molecule has 0 spiro atoms. The van der Waals surface area contributed by atoms with Gasteiger partial charge in [0.2, 0.25) is 0 Å². The van der Waals surface area contributed by atoms with Gasteiger partial charge in [-0.3, -0.25) is 21.0 Å². The predicted molar refractivity (Wildman–Crippen MR) is 49.4 cm³/mol. The summed E-state index contributed by atoms with van der Waals surface area (Å²) in [6.07, 6.45) is 0. The van der Waals surface area contributed by atoms with Gasteiger partial charge in [-0.2, -0.15) is 0 Å². The van der Waals surface area contributed by atoms with Crippen LogP contribution in [0.25, 0.3) is 0 Å². The van der Waals surface area contributed by atoms with Crippen molar-refractivity contribution in [3.8, 4) is 0 Å². The van der Waals surface area contributed by atoms with Gasteiger partial charge in [0, 0.05) is 6.07 Å². The summed E-state index contributed by atoms with van der Waals surface area (Å²) in [6, 6.07) is 5.06. The van der Waals surface area contributed by atoms with Gasteiger partial charge in [0.1, 0.15) is 5.69 Å². The Morgan fingerprint density at radius 2 is 2.07 bits per heavy atom. The Morgan fingerprint density at radius 3 is 2.64 bits per heavy atom. The van der Waals surface area contributed by atoms with Crippen molar-refractivity contribution in [3.63, 3.8) is 0 Å². The predicted octanol–water partition coefficient (Wildman–Crippen LogP) is 0.590. The molecule has 0 aliphatic heterocycles. The number of carbonyl (C=O) groups is 1. The molecule has 0 atom stereocenters. The Labute approximate surface area is 79.0 Å². The number of para-hydroxylation sites is 2. The number of amides is 2. The van der Waals surface area contributed by atoms with E-state index in [2.05, 4.69) is 5.43 Å². The molecule has 0 unspecified atom stereocenters. The largest absolute Gasteiger partial charge is 0.350 e. The highest BCUT2D eigenvalue weighted by Crippen LogP contribution is 2.21. The van der Waals surface area contributed by atoms with Crippen molar-refractivity contribution >= 4 is 17.4 Å². The quantitative estimate of drug-likeness (QED) is 0.485. The van der Waals surface area contributed by atoms with Crippen LogP contribution in [-0.2, 0) is 0 Å². The van der Waals surface area contributed by atoms with Gasteiger partial charge in [0.15, 0.2) is 0 Å². The average Bonchev–Trinajstić information content (AvgIpc) is 2.15. The van der Waals surface area contributed by atoms with Crippen LogP contribution >= 0.6 is 0 Å². The molecule has 74 valence electrons. The lowest BCUT2D eigenvalue weighted by molar-refractivity contribution is -0.384. The van der Waals surface area contributed by atoms with Gasteiger partial charge in [-0.25, -0.2) is 4.79 Å². The third-order valence-electron chi connectivity index (χ3n) is 1.42. The molecule has 2 amide bonds. The smallest absolute Gasteiger partial charge is 0.330 e. The number of nitrogens with two attached hydrogens (primary N) is 1. The number of hydrazine groups is 1. The molecule has 4 N–H and O–H groups in total. The number of benzene rings is 1. The fourth-order valence-electron chi connectivity index (χ4n) is 0.867. The second kappa shape index (κ2) is 4.08. The van der Waals surface area contributed by atoms with Crippen molar-refractivity contribution in [2.75, 3.05) is 5.43 Å².